The third-order valence-electron chi connectivity index (χ3n) is 3.50. The van der Waals surface area contributed by atoms with E-state index in [9.17, 15) is 0 Å². The van der Waals surface area contributed by atoms with E-state index in [1.54, 1.807) is 7.11 Å². The Kier molecular flexibility index (Phi) is 4.06. The molecule has 94 valence electrons. The van der Waals surface area contributed by atoms with E-state index >= 15 is 0 Å². The highest BCUT2D eigenvalue weighted by atomic mass is 16.5. The predicted octanol–water partition coefficient (Wildman–Crippen LogP) is 3.45. The van der Waals surface area contributed by atoms with Gasteiger partial charge in [-0.1, -0.05) is 19.1 Å². The van der Waals surface area contributed by atoms with Crippen LogP contribution in [0.15, 0.2) is 18.2 Å². The summed E-state index contributed by atoms with van der Waals surface area (Å²) in [6.45, 7) is 5.40. The molecule has 1 unspecified atom stereocenters. The van der Waals surface area contributed by atoms with E-state index in [0.717, 1.165) is 18.2 Å². The molecule has 0 amide bonds. The maximum absolute atomic E-state index is 5.41. The topological polar surface area (TPSA) is 21.3 Å². The molecule has 1 aliphatic carbocycles. The molecule has 0 aliphatic heterocycles. The Bertz CT molecular complexity index is 371. The van der Waals surface area contributed by atoms with Gasteiger partial charge in [0.25, 0.3) is 0 Å². The van der Waals surface area contributed by atoms with Crippen molar-refractivity contribution in [2.75, 3.05) is 13.7 Å². The molecular weight excluding hydrogens is 210 g/mol. The van der Waals surface area contributed by atoms with Crippen LogP contribution in [-0.4, -0.2) is 13.7 Å². The number of hydrogen-bond acceptors (Lipinski definition) is 2. The third-order valence-corrected chi connectivity index (χ3v) is 3.50. The molecule has 0 bridgehead atoms. The van der Waals surface area contributed by atoms with Crippen molar-refractivity contribution in [2.45, 2.75) is 39.2 Å². The number of aryl methyl sites for hydroxylation is 1. The molecule has 1 atom stereocenters. The highest BCUT2D eigenvalue weighted by Crippen LogP contribution is 2.41. The Morgan fingerprint density at radius 2 is 2.18 bits per heavy atom. The highest BCUT2D eigenvalue weighted by molar-refractivity contribution is 5.38. The molecule has 2 heteroatoms. The lowest BCUT2D eigenvalue weighted by Gasteiger charge is -2.19. The van der Waals surface area contributed by atoms with E-state index in [1.165, 1.54) is 30.4 Å². The molecule has 1 aromatic rings. The molecular formula is C15H23NO. The van der Waals surface area contributed by atoms with Gasteiger partial charge in [0.1, 0.15) is 5.75 Å². The summed E-state index contributed by atoms with van der Waals surface area (Å²) in [5, 5.41) is 3.66. The van der Waals surface area contributed by atoms with E-state index in [4.69, 9.17) is 4.74 Å². The van der Waals surface area contributed by atoms with Gasteiger partial charge in [-0.2, -0.15) is 0 Å². The van der Waals surface area contributed by atoms with E-state index in [-0.39, 0.29) is 0 Å². The molecule has 1 N–H and O–H groups in total. The minimum atomic E-state index is 0.518. The highest BCUT2D eigenvalue weighted by Gasteiger charge is 2.31. The first-order chi connectivity index (χ1) is 8.26. The summed E-state index contributed by atoms with van der Waals surface area (Å²) in [7, 11) is 1.75. The predicted molar refractivity (Wildman–Crippen MR) is 71.5 cm³/mol. The number of methoxy groups -OCH3 is 1. The molecule has 1 fully saturated rings. The Balaban J connectivity index is 2.16. The maximum atomic E-state index is 5.41. The van der Waals surface area contributed by atoms with Crippen LogP contribution in [0.4, 0.5) is 0 Å². The van der Waals surface area contributed by atoms with Crippen molar-refractivity contribution in [1.82, 2.24) is 5.32 Å². The van der Waals surface area contributed by atoms with Crippen LogP contribution < -0.4 is 10.1 Å². The summed E-state index contributed by atoms with van der Waals surface area (Å²) in [5.74, 6) is 1.83. The van der Waals surface area contributed by atoms with Gasteiger partial charge < -0.3 is 10.1 Å². The molecule has 0 aromatic heterocycles. The Morgan fingerprint density at radius 1 is 1.41 bits per heavy atom. The fourth-order valence-electron chi connectivity index (χ4n) is 2.32. The Hall–Kier alpha value is -1.02. The van der Waals surface area contributed by atoms with Crippen molar-refractivity contribution in [3.63, 3.8) is 0 Å². The molecule has 0 radical (unpaired) electrons. The fraction of sp³-hybridized carbons (Fsp3) is 0.600. The summed E-state index contributed by atoms with van der Waals surface area (Å²) >= 11 is 0. The van der Waals surface area contributed by atoms with Crippen molar-refractivity contribution < 1.29 is 4.74 Å². The first kappa shape index (κ1) is 12.4. The second kappa shape index (κ2) is 5.54. The second-order valence-electron chi connectivity index (χ2n) is 5.00. The minimum Gasteiger partial charge on any atom is -0.496 e. The maximum Gasteiger partial charge on any atom is 0.122 e. The van der Waals surface area contributed by atoms with Gasteiger partial charge in [0.05, 0.1) is 7.11 Å². The van der Waals surface area contributed by atoms with E-state index in [1.807, 2.05) is 0 Å². The number of rotatable bonds is 6. The van der Waals surface area contributed by atoms with Crippen LogP contribution in [0, 0.1) is 12.8 Å². The quantitative estimate of drug-likeness (QED) is 0.812. The molecule has 17 heavy (non-hydrogen) atoms. The van der Waals surface area contributed by atoms with Crippen molar-refractivity contribution in [3.05, 3.63) is 29.3 Å². The molecule has 0 saturated heterocycles. The monoisotopic (exact) mass is 233 g/mol. The van der Waals surface area contributed by atoms with Gasteiger partial charge in [0.15, 0.2) is 0 Å². The summed E-state index contributed by atoms with van der Waals surface area (Å²) < 4.78 is 5.41. The molecule has 0 heterocycles. The lowest BCUT2D eigenvalue weighted by Crippen LogP contribution is -2.23. The third kappa shape index (κ3) is 3.01. The summed E-state index contributed by atoms with van der Waals surface area (Å²) in [6.07, 6.45) is 3.90. The lowest BCUT2D eigenvalue weighted by molar-refractivity contribution is 0.408. The van der Waals surface area contributed by atoms with Gasteiger partial charge in [-0.25, -0.2) is 0 Å². The van der Waals surface area contributed by atoms with Gasteiger partial charge in [-0.05, 0) is 55.8 Å². The van der Waals surface area contributed by atoms with Crippen LogP contribution >= 0.6 is 0 Å². The zero-order chi connectivity index (χ0) is 12.3. The lowest BCUT2D eigenvalue weighted by atomic mass is 10.0. The summed E-state index contributed by atoms with van der Waals surface area (Å²) in [6, 6.07) is 7.12. The first-order valence-electron chi connectivity index (χ1n) is 6.64. The number of nitrogens with one attached hydrogen (secondary N) is 1. The molecule has 2 rings (SSSR count). The molecule has 1 aliphatic rings. The average molecular weight is 233 g/mol. The van der Waals surface area contributed by atoms with Crippen LogP contribution in [0.1, 0.15) is 43.4 Å². The molecule has 0 spiro atoms. The van der Waals surface area contributed by atoms with Gasteiger partial charge in [-0.15, -0.1) is 0 Å². The summed E-state index contributed by atoms with van der Waals surface area (Å²) in [5.41, 5.74) is 2.59. The van der Waals surface area contributed by atoms with E-state index in [0.29, 0.717) is 6.04 Å². The van der Waals surface area contributed by atoms with Crippen molar-refractivity contribution in [1.29, 1.82) is 0 Å². The zero-order valence-corrected chi connectivity index (χ0v) is 11.1. The Morgan fingerprint density at radius 3 is 2.76 bits per heavy atom. The van der Waals surface area contributed by atoms with E-state index < -0.39 is 0 Å². The second-order valence-corrected chi connectivity index (χ2v) is 5.00. The van der Waals surface area contributed by atoms with Gasteiger partial charge in [0, 0.05) is 6.04 Å². The van der Waals surface area contributed by atoms with Crippen molar-refractivity contribution in [2.24, 2.45) is 5.92 Å². The summed E-state index contributed by atoms with van der Waals surface area (Å²) in [4.78, 5) is 0. The normalized spacial score (nSPS) is 16.9. The van der Waals surface area contributed by atoms with Gasteiger partial charge in [0.2, 0.25) is 0 Å². The van der Waals surface area contributed by atoms with Crippen LogP contribution in [0.2, 0.25) is 0 Å². The minimum absolute atomic E-state index is 0.518. The van der Waals surface area contributed by atoms with Crippen molar-refractivity contribution >= 4 is 0 Å². The first-order valence-corrected chi connectivity index (χ1v) is 6.64. The van der Waals surface area contributed by atoms with Crippen molar-refractivity contribution in [3.8, 4) is 5.75 Å². The number of hydrogen-bond donors (Lipinski definition) is 1. The van der Waals surface area contributed by atoms with Crippen LogP contribution in [0.25, 0.3) is 0 Å². The smallest absolute Gasteiger partial charge is 0.122 e. The zero-order valence-electron chi connectivity index (χ0n) is 11.1. The van der Waals surface area contributed by atoms with Gasteiger partial charge in [-0.3, -0.25) is 0 Å². The number of ether oxygens (including phenoxy) is 1. The fourth-order valence-corrected chi connectivity index (χ4v) is 2.32. The Labute approximate surface area is 104 Å². The van der Waals surface area contributed by atoms with Crippen LogP contribution in [-0.2, 0) is 0 Å². The molecule has 2 nitrogen and oxygen atoms in total. The van der Waals surface area contributed by atoms with Crippen LogP contribution in [0.3, 0.4) is 0 Å². The molecule has 1 aromatic carbocycles. The standard InChI is InChI=1S/C15H23NO/c1-4-9-16-15(12-7-8-12)13-6-5-11(2)14(10-13)17-3/h5-6,10,12,15-16H,4,7-9H2,1-3H3. The van der Waals surface area contributed by atoms with E-state index in [2.05, 4.69) is 37.4 Å². The SMILES string of the molecule is CCCNC(c1ccc(C)c(OC)c1)C1CC1. The van der Waals surface area contributed by atoms with Crippen LogP contribution in [0.5, 0.6) is 5.75 Å². The molecule has 1 saturated carbocycles. The average Bonchev–Trinajstić information content (AvgIpc) is 3.16. The number of benzene rings is 1. The van der Waals surface area contributed by atoms with Gasteiger partial charge >= 0.3 is 0 Å². The largest absolute Gasteiger partial charge is 0.496 e.